The average Bonchev–Trinajstić information content (AvgIpc) is 3.07. The quantitative estimate of drug-likeness (QED) is 0.190. The third kappa shape index (κ3) is 7.18. The number of rotatable bonds is 9. The summed E-state index contributed by atoms with van der Waals surface area (Å²) in [5, 5.41) is 3.04. The van der Waals surface area contributed by atoms with Crippen molar-refractivity contribution in [1.82, 2.24) is 15.2 Å². The molecule has 1 N–H and O–H groups in total. The molecule has 2 aliphatic rings. The van der Waals surface area contributed by atoms with Crippen LogP contribution in [-0.4, -0.2) is 61.0 Å². The first-order valence-electron chi connectivity index (χ1n) is 14.8. The van der Waals surface area contributed by atoms with Crippen LogP contribution in [0.2, 0.25) is 0 Å². The molecular formula is C35H34FN5O2S. The van der Waals surface area contributed by atoms with E-state index in [4.69, 9.17) is 0 Å². The highest BCUT2D eigenvalue weighted by Crippen LogP contribution is 2.42. The van der Waals surface area contributed by atoms with Crippen molar-refractivity contribution in [2.75, 3.05) is 49.1 Å². The monoisotopic (exact) mass is 607 g/mol. The number of aromatic nitrogens is 1. The normalized spacial score (nSPS) is 16.2. The van der Waals surface area contributed by atoms with E-state index in [1.807, 2.05) is 67.0 Å². The minimum atomic E-state index is -0.306. The van der Waals surface area contributed by atoms with Crippen LogP contribution in [0.15, 0.2) is 107 Å². The molecule has 224 valence electrons. The van der Waals surface area contributed by atoms with Gasteiger partial charge in [0, 0.05) is 61.3 Å². The van der Waals surface area contributed by atoms with Crippen LogP contribution in [0.25, 0.3) is 6.08 Å². The number of thioether (sulfide) groups is 1. The van der Waals surface area contributed by atoms with Gasteiger partial charge in [0.1, 0.15) is 5.82 Å². The van der Waals surface area contributed by atoms with Gasteiger partial charge in [-0.1, -0.05) is 48.2 Å². The molecule has 1 aromatic heterocycles. The van der Waals surface area contributed by atoms with E-state index in [1.54, 1.807) is 29.2 Å². The molecule has 0 radical (unpaired) electrons. The number of fused-ring (bicyclic) bond motifs is 1. The van der Waals surface area contributed by atoms with Crippen molar-refractivity contribution in [3.63, 3.8) is 0 Å². The van der Waals surface area contributed by atoms with Crippen molar-refractivity contribution in [3.05, 3.63) is 125 Å². The molecule has 4 aromatic rings. The van der Waals surface area contributed by atoms with Crippen molar-refractivity contribution in [1.29, 1.82) is 0 Å². The molecule has 0 atom stereocenters. The molecular weight excluding hydrogens is 573 g/mol. The molecule has 9 heteroatoms. The van der Waals surface area contributed by atoms with Gasteiger partial charge >= 0.3 is 0 Å². The number of hydrogen-bond acceptors (Lipinski definition) is 6. The van der Waals surface area contributed by atoms with Crippen LogP contribution < -0.4 is 15.1 Å². The summed E-state index contributed by atoms with van der Waals surface area (Å²) in [6.45, 7) is 5.89. The summed E-state index contributed by atoms with van der Waals surface area (Å²) < 4.78 is 13.4. The zero-order chi connectivity index (χ0) is 30.3. The first-order valence-corrected chi connectivity index (χ1v) is 15.7. The molecule has 7 nitrogen and oxygen atoms in total. The number of carbonyl (C=O) groups excluding carboxylic acids is 2. The summed E-state index contributed by atoms with van der Waals surface area (Å²) in [6.07, 6.45) is 6.41. The van der Waals surface area contributed by atoms with Crippen molar-refractivity contribution < 1.29 is 14.0 Å². The maximum atomic E-state index is 13.6. The minimum Gasteiger partial charge on any atom is -0.369 e. The highest BCUT2D eigenvalue weighted by molar-refractivity contribution is 8.04. The highest BCUT2D eigenvalue weighted by Gasteiger charge is 2.29. The average molecular weight is 608 g/mol. The van der Waals surface area contributed by atoms with E-state index in [0.29, 0.717) is 23.6 Å². The second-order valence-electron chi connectivity index (χ2n) is 10.9. The Bertz CT molecular complexity index is 1620. The minimum absolute atomic E-state index is 0.103. The van der Waals surface area contributed by atoms with Gasteiger partial charge in [0.25, 0.3) is 11.8 Å². The number of para-hydroxylation sites is 1. The van der Waals surface area contributed by atoms with Gasteiger partial charge in [-0.25, -0.2) is 4.39 Å². The molecule has 2 aliphatic heterocycles. The van der Waals surface area contributed by atoms with Crippen molar-refractivity contribution in [2.24, 2.45) is 0 Å². The van der Waals surface area contributed by atoms with Gasteiger partial charge in [0.05, 0.1) is 17.1 Å². The first-order chi connectivity index (χ1) is 21.5. The number of amides is 2. The van der Waals surface area contributed by atoms with E-state index in [0.717, 1.165) is 60.9 Å². The molecule has 44 heavy (non-hydrogen) atoms. The SMILES string of the molecule is O=C(NCCCN1CCN(c2ccncc2)CC1)c1ccc(/C=C2\Sc3ccccc3N(Cc3ccc(F)cc3)C2=O)cc1. The van der Waals surface area contributed by atoms with Gasteiger partial charge in [0.2, 0.25) is 0 Å². The number of nitrogens with zero attached hydrogens (tertiary/aromatic N) is 4. The van der Waals surface area contributed by atoms with E-state index in [-0.39, 0.29) is 17.6 Å². The lowest BCUT2D eigenvalue weighted by Crippen LogP contribution is -2.47. The van der Waals surface area contributed by atoms with Crippen LogP contribution in [0.5, 0.6) is 0 Å². The van der Waals surface area contributed by atoms with Gasteiger partial charge in [-0.15, -0.1) is 0 Å². The molecule has 0 spiro atoms. The zero-order valence-electron chi connectivity index (χ0n) is 24.4. The van der Waals surface area contributed by atoms with Crippen LogP contribution in [-0.2, 0) is 11.3 Å². The fourth-order valence-electron chi connectivity index (χ4n) is 5.46. The summed E-state index contributed by atoms with van der Waals surface area (Å²) in [5.74, 6) is -0.521. The fraction of sp³-hybridized carbons (Fsp3) is 0.229. The number of pyridine rings is 1. The number of hydrogen-bond donors (Lipinski definition) is 1. The van der Waals surface area contributed by atoms with Crippen LogP contribution in [0.4, 0.5) is 15.8 Å². The third-order valence-corrected chi connectivity index (χ3v) is 8.97. The van der Waals surface area contributed by atoms with Crippen LogP contribution in [0.1, 0.15) is 27.9 Å². The number of piperazine rings is 1. The zero-order valence-corrected chi connectivity index (χ0v) is 25.2. The lowest BCUT2D eigenvalue weighted by atomic mass is 10.1. The van der Waals surface area contributed by atoms with Crippen molar-refractivity contribution in [2.45, 2.75) is 17.9 Å². The summed E-state index contributed by atoms with van der Waals surface area (Å²) in [6, 6.07) is 25.4. The summed E-state index contributed by atoms with van der Waals surface area (Å²) in [7, 11) is 0. The third-order valence-electron chi connectivity index (χ3n) is 7.89. The molecule has 1 saturated heterocycles. The van der Waals surface area contributed by atoms with Crippen molar-refractivity contribution >= 4 is 41.0 Å². The smallest absolute Gasteiger partial charge is 0.265 e. The number of anilines is 2. The maximum Gasteiger partial charge on any atom is 0.265 e. The largest absolute Gasteiger partial charge is 0.369 e. The lowest BCUT2D eigenvalue weighted by Gasteiger charge is -2.36. The Morgan fingerprint density at radius 2 is 1.64 bits per heavy atom. The van der Waals surface area contributed by atoms with Crippen LogP contribution in [0.3, 0.4) is 0 Å². The molecule has 0 bridgehead atoms. The van der Waals surface area contributed by atoms with Crippen LogP contribution in [0, 0.1) is 5.82 Å². The summed E-state index contributed by atoms with van der Waals surface area (Å²) in [4.78, 5) is 38.6. The molecule has 3 aromatic carbocycles. The highest BCUT2D eigenvalue weighted by atomic mass is 32.2. The number of nitrogens with one attached hydrogen (secondary N) is 1. The Morgan fingerprint density at radius 1 is 0.909 bits per heavy atom. The Kier molecular flexibility index (Phi) is 9.34. The van der Waals surface area contributed by atoms with E-state index in [2.05, 4.69) is 20.1 Å². The molecule has 2 amide bonds. The maximum absolute atomic E-state index is 13.6. The van der Waals surface area contributed by atoms with Gasteiger partial charge in [-0.3, -0.25) is 19.5 Å². The van der Waals surface area contributed by atoms with Gasteiger partial charge < -0.3 is 15.1 Å². The Morgan fingerprint density at radius 3 is 2.39 bits per heavy atom. The van der Waals surface area contributed by atoms with Gasteiger partial charge in [-0.05, 0) is 78.7 Å². The molecule has 3 heterocycles. The van der Waals surface area contributed by atoms with E-state index in [9.17, 15) is 14.0 Å². The van der Waals surface area contributed by atoms with Gasteiger partial charge in [-0.2, -0.15) is 0 Å². The van der Waals surface area contributed by atoms with E-state index < -0.39 is 0 Å². The molecule has 0 unspecified atom stereocenters. The van der Waals surface area contributed by atoms with Gasteiger partial charge in [0.15, 0.2) is 0 Å². The topological polar surface area (TPSA) is 68.8 Å². The number of benzene rings is 3. The lowest BCUT2D eigenvalue weighted by molar-refractivity contribution is -0.114. The molecule has 0 saturated carbocycles. The Balaban J connectivity index is 1.01. The fourth-order valence-corrected chi connectivity index (χ4v) is 6.52. The summed E-state index contributed by atoms with van der Waals surface area (Å²) >= 11 is 1.43. The number of carbonyl (C=O) groups is 2. The Hall–Kier alpha value is -4.47. The Labute approximate surface area is 261 Å². The molecule has 0 aliphatic carbocycles. The predicted octanol–water partition coefficient (Wildman–Crippen LogP) is 5.84. The molecule has 1 fully saturated rings. The van der Waals surface area contributed by atoms with Crippen LogP contribution >= 0.6 is 11.8 Å². The number of halogens is 1. The van der Waals surface area contributed by atoms with E-state index in [1.165, 1.54) is 29.6 Å². The molecule has 6 rings (SSSR count). The first kappa shape index (κ1) is 29.6. The second kappa shape index (κ2) is 13.9. The van der Waals surface area contributed by atoms with E-state index >= 15 is 0 Å². The van der Waals surface area contributed by atoms with Crippen molar-refractivity contribution in [3.8, 4) is 0 Å². The predicted molar refractivity (Wildman–Crippen MR) is 174 cm³/mol. The standard InChI is InChI=1S/C35H34FN5O2S/c36-29-12-8-27(9-13-29)25-41-31-4-1-2-5-32(31)44-33(35(41)43)24-26-6-10-28(11-7-26)34(42)38-16-3-19-39-20-22-40(23-21-39)30-14-17-37-18-15-30/h1-2,4-15,17-18,24H,3,16,19-23,25H2,(H,38,42)/b33-24-. The second-order valence-corrected chi connectivity index (χ2v) is 11.9. The summed E-state index contributed by atoms with van der Waals surface area (Å²) in [5.41, 5.74) is 4.32.